The molecule has 0 spiro atoms. The lowest BCUT2D eigenvalue weighted by molar-refractivity contribution is -0.120. The van der Waals surface area contributed by atoms with Gasteiger partial charge in [-0.1, -0.05) is 30.3 Å². The Morgan fingerprint density at radius 3 is 2.20 bits per heavy atom. The fraction of sp³-hybridized carbons (Fsp3) is 0.133. The number of rotatable bonds is 3. The maximum Gasteiger partial charge on any atom is 0.489 e. The van der Waals surface area contributed by atoms with Gasteiger partial charge >= 0.3 is 6.30 Å². The molecule has 0 unspecified atom stereocenters. The Hall–Kier alpha value is -2.48. The van der Waals surface area contributed by atoms with E-state index in [2.05, 4.69) is 0 Å². The monoisotopic (exact) mass is 276 g/mol. The maximum atomic E-state index is 13.3. The fourth-order valence-corrected chi connectivity index (χ4v) is 1.92. The highest BCUT2D eigenvalue weighted by molar-refractivity contribution is 5.64. The van der Waals surface area contributed by atoms with Crippen LogP contribution in [0.5, 0.6) is 0 Å². The van der Waals surface area contributed by atoms with E-state index in [0.717, 1.165) is 0 Å². The lowest BCUT2D eigenvalue weighted by atomic mass is 10.1. The third-order valence-electron chi connectivity index (χ3n) is 2.72. The van der Waals surface area contributed by atoms with Crippen molar-refractivity contribution in [2.24, 2.45) is 0 Å². The summed E-state index contributed by atoms with van der Waals surface area (Å²) in [5, 5.41) is 8.64. The molecule has 0 N–H and O–H groups in total. The Balaban J connectivity index is 2.48. The van der Waals surface area contributed by atoms with Gasteiger partial charge in [0.1, 0.15) is 0 Å². The molecule has 0 radical (unpaired) electrons. The van der Waals surface area contributed by atoms with Gasteiger partial charge in [-0.3, -0.25) is 4.90 Å². The summed E-state index contributed by atoms with van der Waals surface area (Å²) in [7, 11) is 0. The number of hydrogen-bond acceptors (Lipinski definition) is 2. The molecule has 5 heteroatoms. The van der Waals surface area contributed by atoms with Crippen molar-refractivity contribution in [1.82, 2.24) is 0 Å². The molecular weight excluding hydrogens is 265 g/mol. The van der Waals surface area contributed by atoms with Crippen molar-refractivity contribution in [3.63, 3.8) is 0 Å². The molecular formula is C15H11F3N2. The van der Waals surface area contributed by atoms with E-state index in [1.807, 2.05) is 6.07 Å². The largest absolute Gasteiger partial charge is 0.489 e. The number of nitrogens with zero attached hydrogens (tertiary/aromatic N) is 2. The zero-order valence-electron chi connectivity index (χ0n) is 10.4. The van der Waals surface area contributed by atoms with E-state index in [-0.39, 0.29) is 17.8 Å². The van der Waals surface area contributed by atoms with Crippen molar-refractivity contribution in [3.8, 4) is 6.07 Å². The Morgan fingerprint density at radius 1 is 0.950 bits per heavy atom. The molecule has 0 saturated heterocycles. The van der Waals surface area contributed by atoms with Crippen LogP contribution in [0.2, 0.25) is 0 Å². The molecule has 0 atom stereocenters. The van der Waals surface area contributed by atoms with E-state index in [4.69, 9.17) is 5.26 Å². The highest BCUT2D eigenvalue weighted by Crippen LogP contribution is 2.36. The third kappa shape index (κ3) is 3.09. The van der Waals surface area contributed by atoms with Crippen molar-refractivity contribution in [1.29, 1.82) is 5.26 Å². The van der Waals surface area contributed by atoms with Gasteiger partial charge in [-0.15, -0.1) is 13.2 Å². The summed E-state index contributed by atoms with van der Waals surface area (Å²) in [6, 6.07) is 15.4. The topological polar surface area (TPSA) is 27.0 Å². The normalized spacial score (nSPS) is 10.9. The van der Waals surface area contributed by atoms with Gasteiger partial charge in [0.25, 0.3) is 0 Å². The van der Waals surface area contributed by atoms with Gasteiger partial charge in [0.05, 0.1) is 12.5 Å². The first kappa shape index (κ1) is 13.9. The van der Waals surface area contributed by atoms with E-state index in [1.165, 1.54) is 30.3 Å². The van der Waals surface area contributed by atoms with Gasteiger partial charge in [0.15, 0.2) is 0 Å². The quantitative estimate of drug-likeness (QED) is 0.776. The van der Waals surface area contributed by atoms with Crippen LogP contribution < -0.4 is 4.90 Å². The van der Waals surface area contributed by atoms with Crippen LogP contribution in [0.25, 0.3) is 0 Å². The van der Waals surface area contributed by atoms with Crippen molar-refractivity contribution < 1.29 is 13.2 Å². The first-order chi connectivity index (χ1) is 9.52. The lowest BCUT2D eigenvalue weighted by Crippen LogP contribution is -2.33. The summed E-state index contributed by atoms with van der Waals surface area (Å²) in [6.45, 7) is 0. The molecule has 0 aromatic heterocycles. The van der Waals surface area contributed by atoms with Crippen LogP contribution in [-0.2, 0) is 6.42 Å². The summed E-state index contributed by atoms with van der Waals surface area (Å²) < 4.78 is 39.8. The molecule has 2 aromatic rings. The van der Waals surface area contributed by atoms with Crippen LogP contribution in [0.15, 0.2) is 54.6 Å². The van der Waals surface area contributed by atoms with Crippen LogP contribution in [0.4, 0.5) is 24.5 Å². The van der Waals surface area contributed by atoms with Crippen molar-refractivity contribution >= 4 is 11.4 Å². The first-order valence-electron chi connectivity index (χ1n) is 5.90. The molecule has 102 valence electrons. The zero-order chi connectivity index (χ0) is 14.6. The molecule has 0 aliphatic rings. The average molecular weight is 276 g/mol. The Kier molecular flexibility index (Phi) is 3.94. The number of anilines is 2. The second-order valence-electron chi connectivity index (χ2n) is 4.14. The molecule has 0 aliphatic heterocycles. The summed E-state index contributed by atoms with van der Waals surface area (Å²) in [4.78, 5) is 0.299. The van der Waals surface area contributed by atoms with Crippen LogP contribution in [0, 0.1) is 11.3 Å². The van der Waals surface area contributed by atoms with Crippen LogP contribution in [0.3, 0.4) is 0 Å². The fourth-order valence-electron chi connectivity index (χ4n) is 1.92. The van der Waals surface area contributed by atoms with Gasteiger partial charge in [-0.2, -0.15) is 5.26 Å². The zero-order valence-corrected chi connectivity index (χ0v) is 10.4. The van der Waals surface area contributed by atoms with E-state index >= 15 is 0 Å². The SMILES string of the molecule is N#CCc1cccc(N(c2ccccc2)C(F)(F)F)c1. The van der Waals surface area contributed by atoms with Gasteiger partial charge < -0.3 is 0 Å². The highest BCUT2D eigenvalue weighted by Gasteiger charge is 2.38. The number of benzene rings is 2. The molecule has 20 heavy (non-hydrogen) atoms. The molecule has 0 bridgehead atoms. The number of halogens is 3. The molecule has 0 fully saturated rings. The highest BCUT2D eigenvalue weighted by atomic mass is 19.4. The Labute approximate surface area is 114 Å². The van der Waals surface area contributed by atoms with E-state index in [1.54, 1.807) is 24.3 Å². The molecule has 2 nitrogen and oxygen atoms in total. The second-order valence-corrected chi connectivity index (χ2v) is 4.14. The van der Waals surface area contributed by atoms with Crippen LogP contribution in [-0.4, -0.2) is 6.30 Å². The summed E-state index contributed by atoms with van der Waals surface area (Å²) in [6.07, 6.45) is -4.46. The maximum absolute atomic E-state index is 13.3. The predicted octanol–water partition coefficient (Wildman–Crippen LogP) is 4.41. The van der Waals surface area contributed by atoms with Gasteiger partial charge in [-0.05, 0) is 29.8 Å². The Morgan fingerprint density at radius 2 is 1.60 bits per heavy atom. The smallest absolute Gasteiger partial charge is 0.253 e. The van der Waals surface area contributed by atoms with Crippen LogP contribution >= 0.6 is 0 Å². The van der Waals surface area contributed by atoms with Crippen molar-refractivity contribution in [2.75, 3.05) is 4.90 Å². The Bertz CT molecular complexity index is 615. The van der Waals surface area contributed by atoms with E-state index < -0.39 is 6.30 Å². The van der Waals surface area contributed by atoms with Crippen molar-refractivity contribution in [2.45, 2.75) is 12.7 Å². The lowest BCUT2D eigenvalue weighted by Gasteiger charge is -2.27. The van der Waals surface area contributed by atoms with Crippen LogP contribution in [0.1, 0.15) is 5.56 Å². The first-order valence-corrected chi connectivity index (χ1v) is 5.90. The van der Waals surface area contributed by atoms with Gasteiger partial charge in [-0.25, -0.2) is 0 Å². The van der Waals surface area contributed by atoms with E-state index in [9.17, 15) is 13.2 Å². The number of para-hydroxylation sites is 1. The minimum absolute atomic E-state index is 0.00329. The average Bonchev–Trinajstić information content (AvgIpc) is 2.39. The number of alkyl halides is 3. The molecule has 0 aliphatic carbocycles. The molecule has 0 heterocycles. The number of hydrogen-bond donors (Lipinski definition) is 0. The molecule has 0 amide bonds. The molecule has 2 rings (SSSR count). The third-order valence-corrected chi connectivity index (χ3v) is 2.72. The number of nitriles is 1. The van der Waals surface area contributed by atoms with Crippen molar-refractivity contribution in [3.05, 3.63) is 60.2 Å². The second kappa shape index (κ2) is 5.66. The summed E-state index contributed by atoms with van der Waals surface area (Å²) in [5.74, 6) is 0. The molecule has 2 aromatic carbocycles. The standard InChI is InChI=1S/C15H11F3N2/c16-15(17,18)20(13-6-2-1-3-7-13)14-8-4-5-12(11-14)9-10-19/h1-8,11H,9H2. The van der Waals surface area contributed by atoms with Gasteiger partial charge in [0, 0.05) is 11.4 Å². The van der Waals surface area contributed by atoms with Gasteiger partial charge in [0.2, 0.25) is 0 Å². The van der Waals surface area contributed by atoms with E-state index in [0.29, 0.717) is 10.5 Å². The summed E-state index contributed by atoms with van der Waals surface area (Å²) >= 11 is 0. The summed E-state index contributed by atoms with van der Waals surface area (Å²) in [5.41, 5.74) is 0.584. The minimum Gasteiger partial charge on any atom is -0.253 e. The minimum atomic E-state index is -4.54. The predicted molar refractivity (Wildman–Crippen MR) is 70.4 cm³/mol. The molecule has 0 saturated carbocycles.